The fourth-order valence-corrected chi connectivity index (χ4v) is 3.22. The Bertz CT molecular complexity index is 448. The molecule has 0 aliphatic heterocycles. The number of ether oxygens (including phenoxy) is 1. The topological polar surface area (TPSA) is 38.3 Å². The summed E-state index contributed by atoms with van der Waals surface area (Å²) in [5.74, 6) is 1.71. The highest BCUT2D eigenvalue weighted by Crippen LogP contribution is 2.32. The minimum atomic E-state index is -0.682. The van der Waals surface area contributed by atoms with Crippen LogP contribution in [0, 0.1) is 0 Å². The number of aryl methyl sites for hydroxylation is 1. The van der Waals surface area contributed by atoms with Crippen LogP contribution < -0.4 is 10.1 Å². The van der Waals surface area contributed by atoms with Crippen LogP contribution >= 0.6 is 0 Å². The molecule has 1 aliphatic carbocycles. The van der Waals surface area contributed by atoms with Crippen LogP contribution in [0.3, 0.4) is 0 Å². The number of benzene rings is 1. The van der Waals surface area contributed by atoms with Crippen LogP contribution in [0.2, 0.25) is 0 Å². The van der Waals surface area contributed by atoms with Gasteiger partial charge < -0.3 is 10.1 Å². The Morgan fingerprint density at radius 3 is 3.05 bits per heavy atom. The van der Waals surface area contributed by atoms with Crippen LogP contribution in [-0.4, -0.2) is 29.9 Å². The Morgan fingerprint density at radius 2 is 2.32 bits per heavy atom. The SMILES string of the molecule is COc1ccc2c(c1)C(NCCCS(C)=O)CCC2. The molecule has 0 saturated carbocycles. The molecule has 106 valence electrons. The van der Waals surface area contributed by atoms with Gasteiger partial charge in [-0.15, -0.1) is 0 Å². The van der Waals surface area contributed by atoms with E-state index in [2.05, 4.69) is 17.4 Å². The molecule has 0 aromatic heterocycles. The van der Waals surface area contributed by atoms with Crippen molar-refractivity contribution in [3.05, 3.63) is 29.3 Å². The van der Waals surface area contributed by atoms with Crippen molar-refractivity contribution in [1.82, 2.24) is 5.32 Å². The van der Waals surface area contributed by atoms with Gasteiger partial charge in [0.1, 0.15) is 5.75 Å². The molecule has 19 heavy (non-hydrogen) atoms. The van der Waals surface area contributed by atoms with E-state index in [-0.39, 0.29) is 0 Å². The molecule has 1 aromatic carbocycles. The summed E-state index contributed by atoms with van der Waals surface area (Å²) in [5.41, 5.74) is 2.81. The second-order valence-corrected chi connectivity index (χ2v) is 6.65. The molecule has 1 aromatic rings. The van der Waals surface area contributed by atoms with Crippen molar-refractivity contribution in [2.45, 2.75) is 31.7 Å². The van der Waals surface area contributed by atoms with Crippen LogP contribution in [0.25, 0.3) is 0 Å². The summed E-state index contributed by atoms with van der Waals surface area (Å²) < 4.78 is 16.4. The van der Waals surface area contributed by atoms with Gasteiger partial charge in [0.25, 0.3) is 0 Å². The smallest absolute Gasteiger partial charge is 0.119 e. The zero-order valence-electron chi connectivity index (χ0n) is 11.8. The fourth-order valence-electron chi connectivity index (χ4n) is 2.67. The monoisotopic (exact) mass is 281 g/mol. The van der Waals surface area contributed by atoms with Crippen LogP contribution in [0.5, 0.6) is 5.75 Å². The summed E-state index contributed by atoms with van der Waals surface area (Å²) >= 11 is 0. The van der Waals surface area contributed by atoms with Gasteiger partial charge in [-0.05, 0) is 55.5 Å². The third-order valence-corrected chi connectivity index (χ3v) is 4.53. The van der Waals surface area contributed by atoms with Crippen molar-refractivity contribution < 1.29 is 8.95 Å². The average molecular weight is 281 g/mol. The predicted molar refractivity (Wildman–Crippen MR) is 80.2 cm³/mol. The molecule has 3 nitrogen and oxygen atoms in total. The van der Waals surface area contributed by atoms with Crippen molar-refractivity contribution in [1.29, 1.82) is 0 Å². The van der Waals surface area contributed by atoms with Gasteiger partial charge >= 0.3 is 0 Å². The average Bonchev–Trinajstić information content (AvgIpc) is 2.43. The highest BCUT2D eigenvalue weighted by atomic mass is 32.2. The van der Waals surface area contributed by atoms with E-state index in [9.17, 15) is 4.21 Å². The van der Waals surface area contributed by atoms with E-state index in [0.717, 1.165) is 30.9 Å². The van der Waals surface area contributed by atoms with Gasteiger partial charge in [0, 0.05) is 28.9 Å². The number of rotatable bonds is 6. The van der Waals surface area contributed by atoms with Gasteiger partial charge in [0.2, 0.25) is 0 Å². The molecule has 2 atom stereocenters. The zero-order valence-corrected chi connectivity index (χ0v) is 12.6. The van der Waals surface area contributed by atoms with Gasteiger partial charge in [0.05, 0.1) is 7.11 Å². The lowest BCUT2D eigenvalue weighted by Gasteiger charge is -2.27. The molecule has 0 bridgehead atoms. The number of hydrogen-bond acceptors (Lipinski definition) is 3. The first-order valence-corrected chi connectivity index (χ1v) is 8.63. The maximum atomic E-state index is 11.0. The highest BCUT2D eigenvalue weighted by Gasteiger charge is 2.20. The lowest BCUT2D eigenvalue weighted by Crippen LogP contribution is -2.26. The molecule has 0 spiro atoms. The highest BCUT2D eigenvalue weighted by molar-refractivity contribution is 7.84. The number of fused-ring (bicyclic) bond motifs is 1. The first-order valence-electron chi connectivity index (χ1n) is 6.91. The first-order chi connectivity index (χ1) is 9.20. The summed E-state index contributed by atoms with van der Waals surface area (Å²) in [6.45, 7) is 0.931. The van der Waals surface area contributed by atoms with Crippen molar-refractivity contribution >= 4 is 10.8 Å². The fraction of sp³-hybridized carbons (Fsp3) is 0.600. The van der Waals surface area contributed by atoms with Crippen molar-refractivity contribution in [2.75, 3.05) is 25.7 Å². The van der Waals surface area contributed by atoms with E-state index in [0.29, 0.717) is 6.04 Å². The molecule has 2 rings (SSSR count). The van der Waals surface area contributed by atoms with E-state index in [1.54, 1.807) is 13.4 Å². The van der Waals surface area contributed by atoms with Crippen molar-refractivity contribution in [3.63, 3.8) is 0 Å². The Morgan fingerprint density at radius 1 is 1.47 bits per heavy atom. The Kier molecular flexibility index (Phi) is 5.40. The molecular weight excluding hydrogens is 258 g/mol. The summed E-state index contributed by atoms with van der Waals surface area (Å²) in [7, 11) is 1.03. The molecule has 0 amide bonds. The van der Waals surface area contributed by atoms with Crippen LogP contribution in [0.15, 0.2) is 18.2 Å². The van der Waals surface area contributed by atoms with E-state index >= 15 is 0 Å². The lowest BCUT2D eigenvalue weighted by atomic mass is 9.87. The number of nitrogens with one attached hydrogen (secondary N) is 1. The quantitative estimate of drug-likeness (QED) is 0.814. The summed E-state index contributed by atoms with van der Waals surface area (Å²) in [6.07, 6.45) is 6.31. The summed E-state index contributed by atoms with van der Waals surface area (Å²) in [4.78, 5) is 0. The van der Waals surface area contributed by atoms with Gasteiger partial charge in [-0.1, -0.05) is 6.07 Å². The van der Waals surface area contributed by atoms with Crippen LogP contribution in [-0.2, 0) is 17.2 Å². The molecule has 1 aliphatic rings. The minimum absolute atomic E-state index is 0.421. The molecule has 1 N–H and O–H groups in total. The van der Waals surface area contributed by atoms with Gasteiger partial charge in [-0.3, -0.25) is 4.21 Å². The first kappa shape index (κ1) is 14.5. The predicted octanol–water partition coefficient (Wildman–Crippen LogP) is 2.43. The van der Waals surface area contributed by atoms with Crippen LogP contribution in [0.1, 0.15) is 36.4 Å². The van der Waals surface area contributed by atoms with Gasteiger partial charge in [0.15, 0.2) is 0 Å². The normalized spacial score (nSPS) is 19.8. The maximum absolute atomic E-state index is 11.0. The second-order valence-electron chi connectivity index (χ2n) is 5.09. The molecule has 0 radical (unpaired) electrons. The van der Waals surface area contributed by atoms with E-state index in [4.69, 9.17) is 4.74 Å². The minimum Gasteiger partial charge on any atom is -0.497 e. The standard InChI is InChI=1S/C15H23NO2S/c1-18-13-8-7-12-5-3-6-15(14(12)11-13)16-9-4-10-19(2)17/h7-8,11,15-16H,3-6,9-10H2,1-2H3. The van der Waals surface area contributed by atoms with Crippen molar-refractivity contribution in [2.24, 2.45) is 0 Å². The maximum Gasteiger partial charge on any atom is 0.119 e. The molecule has 0 heterocycles. The second kappa shape index (κ2) is 7.06. The summed E-state index contributed by atoms with van der Waals surface area (Å²) in [5, 5.41) is 3.59. The summed E-state index contributed by atoms with van der Waals surface area (Å²) in [6, 6.07) is 6.80. The molecular formula is C15H23NO2S. The van der Waals surface area contributed by atoms with E-state index < -0.39 is 10.8 Å². The Labute approximate surface area is 118 Å². The van der Waals surface area contributed by atoms with E-state index in [1.807, 2.05) is 6.07 Å². The van der Waals surface area contributed by atoms with Gasteiger partial charge in [-0.25, -0.2) is 0 Å². The zero-order chi connectivity index (χ0) is 13.7. The van der Waals surface area contributed by atoms with Crippen molar-refractivity contribution in [3.8, 4) is 5.75 Å². The largest absolute Gasteiger partial charge is 0.497 e. The Hall–Kier alpha value is -0.870. The third kappa shape index (κ3) is 4.05. The molecule has 0 saturated heterocycles. The Balaban J connectivity index is 1.98. The third-order valence-electron chi connectivity index (χ3n) is 3.67. The van der Waals surface area contributed by atoms with Gasteiger partial charge in [-0.2, -0.15) is 0 Å². The molecule has 2 unspecified atom stereocenters. The van der Waals surface area contributed by atoms with E-state index in [1.165, 1.54) is 24.0 Å². The van der Waals surface area contributed by atoms with Crippen LogP contribution in [0.4, 0.5) is 0 Å². The molecule has 4 heteroatoms. The number of hydrogen-bond donors (Lipinski definition) is 1. The molecule has 0 fully saturated rings. The lowest BCUT2D eigenvalue weighted by molar-refractivity contribution is 0.409. The number of methoxy groups -OCH3 is 1.